The van der Waals surface area contributed by atoms with Gasteiger partial charge in [-0.15, -0.1) is 10.2 Å². The molecule has 0 spiro atoms. The van der Waals surface area contributed by atoms with Crippen molar-refractivity contribution in [2.75, 3.05) is 11.1 Å². The molecule has 0 saturated heterocycles. The summed E-state index contributed by atoms with van der Waals surface area (Å²) in [5, 5.41) is 11.1. The Labute approximate surface area is 129 Å². The fourth-order valence-corrected chi connectivity index (χ4v) is 2.51. The van der Waals surface area contributed by atoms with E-state index in [1.54, 1.807) is 15.7 Å². The Balaban J connectivity index is 1.60. The summed E-state index contributed by atoms with van der Waals surface area (Å²) in [4.78, 5) is 11.9. The maximum atomic E-state index is 12.8. The minimum Gasteiger partial charge on any atom is -0.325 e. The molecular weight excluding hydrogens is 305 g/mol. The van der Waals surface area contributed by atoms with Gasteiger partial charge in [-0.3, -0.25) is 9.47 Å². The number of benzene rings is 1. The van der Waals surface area contributed by atoms with Crippen LogP contribution in [0.15, 0.2) is 60.3 Å². The Morgan fingerprint density at radius 1 is 1.23 bits per heavy atom. The van der Waals surface area contributed by atoms with E-state index in [0.29, 0.717) is 10.8 Å². The third kappa shape index (κ3) is 3.34. The zero-order valence-electron chi connectivity index (χ0n) is 11.4. The highest BCUT2D eigenvalue weighted by molar-refractivity contribution is 7.99. The second-order valence-electron chi connectivity index (χ2n) is 4.36. The van der Waals surface area contributed by atoms with E-state index in [2.05, 4.69) is 15.5 Å². The van der Waals surface area contributed by atoms with Gasteiger partial charge >= 0.3 is 0 Å². The topological polar surface area (TPSA) is 64.7 Å². The molecule has 0 atom stereocenters. The highest BCUT2D eigenvalue weighted by atomic mass is 32.2. The molecule has 1 N–H and O–H groups in total. The number of carbonyl (C=O) groups excluding carboxylic acids is 1. The number of carbonyl (C=O) groups is 1. The van der Waals surface area contributed by atoms with Crippen molar-refractivity contribution < 1.29 is 9.18 Å². The highest BCUT2D eigenvalue weighted by Gasteiger charge is 2.10. The summed E-state index contributed by atoms with van der Waals surface area (Å²) < 4.78 is 16.3. The molecule has 0 aliphatic rings. The summed E-state index contributed by atoms with van der Waals surface area (Å²) in [6.45, 7) is 0. The number of amides is 1. The van der Waals surface area contributed by atoms with Crippen LogP contribution in [-0.4, -0.2) is 31.2 Å². The van der Waals surface area contributed by atoms with Gasteiger partial charge in [0.2, 0.25) is 11.1 Å². The molecule has 3 aromatic rings. The van der Waals surface area contributed by atoms with Crippen LogP contribution in [0.3, 0.4) is 0 Å². The molecule has 1 amide bonds. The number of nitrogens with zero attached hydrogens (tertiary/aromatic N) is 4. The van der Waals surface area contributed by atoms with Gasteiger partial charge in [0.15, 0.2) is 0 Å². The van der Waals surface area contributed by atoms with Crippen molar-refractivity contribution in [2.24, 2.45) is 0 Å². The normalized spacial score (nSPS) is 10.6. The van der Waals surface area contributed by atoms with Crippen molar-refractivity contribution in [2.45, 2.75) is 5.16 Å². The van der Waals surface area contributed by atoms with Gasteiger partial charge in [0.25, 0.3) is 0 Å². The number of nitrogens with one attached hydrogen (secondary N) is 1. The summed E-state index contributed by atoms with van der Waals surface area (Å²) in [6.07, 6.45) is 5.28. The predicted octanol–water partition coefficient (Wildman–Crippen LogP) is 2.26. The minimum atomic E-state index is -0.341. The first kappa shape index (κ1) is 14.3. The average Bonchev–Trinajstić information content (AvgIpc) is 3.18. The number of aromatic nitrogens is 4. The van der Waals surface area contributed by atoms with E-state index in [1.807, 2.05) is 24.5 Å². The molecule has 2 aromatic heterocycles. The molecule has 8 heteroatoms. The molecule has 0 fully saturated rings. The number of hydrogen-bond acceptors (Lipinski definition) is 4. The molecule has 3 rings (SSSR count). The lowest BCUT2D eigenvalue weighted by molar-refractivity contribution is -0.113. The molecule has 0 bridgehead atoms. The lowest BCUT2D eigenvalue weighted by atomic mass is 10.3. The van der Waals surface area contributed by atoms with Crippen molar-refractivity contribution in [3.8, 4) is 0 Å². The van der Waals surface area contributed by atoms with Gasteiger partial charge in [-0.05, 0) is 36.4 Å². The molecule has 0 unspecified atom stereocenters. The van der Waals surface area contributed by atoms with Gasteiger partial charge in [-0.1, -0.05) is 11.8 Å². The summed E-state index contributed by atoms with van der Waals surface area (Å²) in [5.74, 6) is -0.358. The highest BCUT2D eigenvalue weighted by Crippen LogP contribution is 2.16. The zero-order chi connectivity index (χ0) is 15.4. The van der Waals surface area contributed by atoms with Gasteiger partial charge in [0.1, 0.15) is 12.1 Å². The van der Waals surface area contributed by atoms with Gasteiger partial charge in [-0.2, -0.15) is 0 Å². The smallest absolute Gasteiger partial charge is 0.234 e. The number of thioether (sulfide) groups is 1. The van der Waals surface area contributed by atoms with Crippen molar-refractivity contribution >= 4 is 23.4 Å². The lowest BCUT2D eigenvalue weighted by Gasteiger charge is -2.07. The second-order valence-corrected chi connectivity index (χ2v) is 5.31. The van der Waals surface area contributed by atoms with Crippen LogP contribution in [0.1, 0.15) is 0 Å². The first-order valence-electron chi connectivity index (χ1n) is 6.44. The van der Waals surface area contributed by atoms with Crippen molar-refractivity contribution in [3.63, 3.8) is 0 Å². The summed E-state index contributed by atoms with van der Waals surface area (Å²) in [5.41, 5.74) is 0.555. The Bertz CT molecular complexity index is 754. The van der Waals surface area contributed by atoms with Gasteiger partial charge in [0, 0.05) is 18.1 Å². The van der Waals surface area contributed by atoms with Crippen LogP contribution in [0.25, 0.3) is 0 Å². The lowest BCUT2D eigenvalue weighted by Crippen LogP contribution is -2.15. The molecule has 1 aromatic carbocycles. The third-order valence-electron chi connectivity index (χ3n) is 2.80. The average molecular weight is 317 g/mol. The maximum absolute atomic E-state index is 12.8. The Morgan fingerprint density at radius 3 is 2.68 bits per heavy atom. The first-order chi connectivity index (χ1) is 10.7. The largest absolute Gasteiger partial charge is 0.325 e. The van der Waals surface area contributed by atoms with Gasteiger partial charge in [-0.25, -0.2) is 9.07 Å². The van der Waals surface area contributed by atoms with E-state index in [0.717, 1.165) is 0 Å². The Morgan fingerprint density at radius 2 is 1.95 bits per heavy atom. The van der Waals surface area contributed by atoms with Crippen LogP contribution in [0.5, 0.6) is 0 Å². The van der Waals surface area contributed by atoms with E-state index in [4.69, 9.17) is 0 Å². The van der Waals surface area contributed by atoms with Crippen LogP contribution in [0, 0.1) is 5.82 Å². The predicted molar refractivity (Wildman–Crippen MR) is 81.0 cm³/mol. The number of hydrogen-bond donors (Lipinski definition) is 1. The maximum Gasteiger partial charge on any atom is 0.234 e. The van der Waals surface area contributed by atoms with E-state index in [1.165, 1.54) is 36.0 Å². The van der Waals surface area contributed by atoms with E-state index >= 15 is 0 Å². The molecule has 0 radical (unpaired) electrons. The Kier molecular flexibility index (Phi) is 4.19. The first-order valence-corrected chi connectivity index (χ1v) is 7.43. The molecule has 0 aliphatic heterocycles. The fraction of sp³-hybridized carbons (Fsp3) is 0.0714. The van der Waals surface area contributed by atoms with Crippen LogP contribution in [-0.2, 0) is 4.79 Å². The van der Waals surface area contributed by atoms with Crippen molar-refractivity contribution in [1.82, 2.24) is 19.5 Å². The monoisotopic (exact) mass is 317 g/mol. The Hall–Kier alpha value is -2.61. The summed E-state index contributed by atoms with van der Waals surface area (Å²) in [6, 6.07) is 9.39. The molecule has 22 heavy (non-hydrogen) atoms. The number of rotatable bonds is 5. The molecular formula is C14H12FN5OS. The number of anilines is 1. The minimum absolute atomic E-state index is 0.178. The van der Waals surface area contributed by atoms with Crippen LogP contribution in [0.4, 0.5) is 10.1 Å². The quantitative estimate of drug-likeness (QED) is 0.733. The molecule has 112 valence electrons. The SMILES string of the molecule is O=C(CSc1nncn1-n1cccc1)Nc1ccc(F)cc1. The van der Waals surface area contributed by atoms with E-state index in [9.17, 15) is 9.18 Å². The molecule has 0 aliphatic carbocycles. The zero-order valence-corrected chi connectivity index (χ0v) is 12.2. The van der Waals surface area contributed by atoms with Gasteiger partial charge < -0.3 is 5.32 Å². The molecule has 2 heterocycles. The standard InChI is InChI=1S/C14H12FN5OS/c15-11-3-5-12(6-4-11)17-13(21)9-22-14-18-16-10-20(14)19-7-1-2-8-19/h1-8,10H,9H2,(H,17,21). The van der Waals surface area contributed by atoms with Gasteiger partial charge in [0.05, 0.1) is 5.75 Å². The van der Waals surface area contributed by atoms with E-state index < -0.39 is 0 Å². The van der Waals surface area contributed by atoms with Crippen LogP contribution in [0.2, 0.25) is 0 Å². The summed E-state index contributed by atoms with van der Waals surface area (Å²) in [7, 11) is 0. The van der Waals surface area contributed by atoms with Crippen LogP contribution < -0.4 is 5.32 Å². The van der Waals surface area contributed by atoms with Crippen LogP contribution >= 0.6 is 11.8 Å². The molecule has 6 nitrogen and oxygen atoms in total. The third-order valence-corrected chi connectivity index (χ3v) is 3.73. The molecule has 0 saturated carbocycles. The van der Waals surface area contributed by atoms with Crippen molar-refractivity contribution in [1.29, 1.82) is 0 Å². The number of halogens is 1. The second kappa shape index (κ2) is 6.44. The van der Waals surface area contributed by atoms with E-state index in [-0.39, 0.29) is 17.5 Å². The fourth-order valence-electron chi connectivity index (χ4n) is 1.80. The summed E-state index contributed by atoms with van der Waals surface area (Å²) >= 11 is 1.26. The van der Waals surface area contributed by atoms with Crippen molar-refractivity contribution in [3.05, 3.63) is 60.9 Å².